The molecule has 2 aromatic carbocycles. The van der Waals surface area contributed by atoms with Crippen molar-refractivity contribution in [2.24, 2.45) is 0 Å². The number of hydrogen-bond donors (Lipinski definition) is 1. The number of amides is 1. The second-order valence-electron chi connectivity index (χ2n) is 9.06. The van der Waals surface area contributed by atoms with Crippen molar-refractivity contribution in [3.05, 3.63) is 69.0 Å². The lowest BCUT2D eigenvalue weighted by Crippen LogP contribution is -2.38. The van der Waals surface area contributed by atoms with E-state index < -0.39 is 6.04 Å². The largest absolute Gasteiger partial charge is 0.493 e. The standard InChI is InChI=1S/C28H33N3O4/c1-6-23(27(32)29-19-13-14-24(34-4)25(16-19)35-5)31-28(33)21-10-8-7-9-20(21)26(30-31)22-15-17(2)11-12-18(22)3/h11-16,23H,6-10H2,1-5H3,(H,29,32)/t23-/m1/s1. The molecule has 0 fully saturated rings. The number of carbonyl (C=O) groups excluding carboxylic acids is 1. The highest BCUT2D eigenvalue weighted by Crippen LogP contribution is 2.32. The van der Waals surface area contributed by atoms with Crippen molar-refractivity contribution in [1.29, 1.82) is 0 Å². The second kappa shape index (κ2) is 10.3. The third kappa shape index (κ3) is 4.81. The number of fused-ring (bicyclic) bond motifs is 1. The molecule has 0 unspecified atom stereocenters. The smallest absolute Gasteiger partial charge is 0.271 e. The maximum Gasteiger partial charge on any atom is 0.271 e. The van der Waals surface area contributed by atoms with Crippen molar-refractivity contribution in [3.8, 4) is 22.8 Å². The van der Waals surface area contributed by atoms with Crippen LogP contribution >= 0.6 is 0 Å². The quantitative estimate of drug-likeness (QED) is 0.519. The van der Waals surface area contributed by atoms with Gasteiger partial charge in [-0.2, -0.15) is 5.10 Å². The van der Waals surface area contributed by atoms with E-state index in [1.165, 1.54) is 4.68 Å². The fourth-order valence-electron chi connectivity index (χ4n) is 4.78. The molecule has 7 nitrogen and oxygen atoms in total. The molecule has 1 heterocycles. The summed E-state index contributed by atoms with van der Waals surface area (Å²) in [7, 11) is 3.11. The van der Waals surface area contributed by atoms with E-state index in [0.717, 1.165) is 52.8 Å². The number of ether oxygens (including phenoxy) is 2. The molecular weight excluding hydrogens is 442 g/mol. The maximum absolute atomic E-state index is 13.6. The first-order valence-electron chi connectivity index (χ1n) is 12.1. The van der Waals surface area contributed by atoms with E-state index in [1.807, 2.05) is 6.92 Å². The van der Waals surface area contributed by atoms with Crippen LogP contribution in [0.1, 0.15) is 54.5 Å². The van der Waals surface area contributed by atoms with E-state index in [9.17, 15) is 9.59 Å². The van der Waals surface area contributed by atoms with E-state index in [1.54, 1.807) is 32.4 Å². The van der Waals surface area contributed by atoms with Gasteiger partial charge in [-0.15, -0.1) is 0 Å². The van der Waals surface area contributed by atoms with Crippen LogP contribution in [0.15, 0.2) is 41.2 Å². The van der Waals surface area contributed by atoms with Gasteiger partial charge in [0, 0.05) is 22.9 Å². The van der Waals surface area contributed by atoms with Gasteiger partial charge < -0.3 is 14.8 Å². The summed E-state index contributed by atoms with van der Waals surface area (Å²) in [5.74, 6) is 0.792. The first kappa shape index (κ1) is 24.5. The Morgan fingerprint density at radius 1 is 1.03 bits per heavy atom. The SMILES string of the molecule is CC[C@H](C(=O)Nc1ccc(OC)c(OC)c1)n1nc(-c2cc(C)ccc2C)c2c(c1=O)CCCC2. The lowest BCUT2D eigenvalue weighted by molar-refractivity contribution is -0.119. The summed E-state index contributed by atoms with van der Waals surface area (Å²) in [6.45, 7) is 6.00. The molecule has 0 saturated heterocycles. The zero-order valence-corrected chi connectivity index (χ0v) is 21.1. The van der Waals surface area contributed by atoms with Crippen molar-refractivity contribution in [2.75, 3.05) is 19.5 Å². The number of methoxy groups -OCH3 is 2. The topological polar surface area (TPSA) is 82.4 Å². The minimum absolute atomic E-state index is 0.164. The summed E-state index contributed by atoms with van der Waals surface area (Å²) in [5.41, 5.74) is 6.29. The highest BCUT2D eigenvalue weighted by atomic mass is 16.5. The summed E-state index contributed by atoms with van der Waals surface area (Å²) in [6, 6.07) is 10.7. The molecule has 0 bridgehead atoms. The molecular formula is C28H33N3O4. The third-order valence-electron chi connectivity index (χ3n) is 6.71. The second-order valence-corrected chi connectivity index (χ2v) is 9.06. The van der Waals surface area contributed by atoms with Gasteiger partial charge in [-0.05, 0) is 75.3 Å². The Morgan fingerprint density at radius 3 is 2.43 bits per heavy atom. The molecule has 3 aromatic rings. The Labute approximate surface area is 206 Å². The molecule has 1 aliphatic carbocycles. The fraction of sp³-hybridized carbons (Fsp3) is 0.393. The molecule has 35 heavy (non-hydrogen) atoms. The van der Waals surface area contributed by atoms with E-state index in [0.29, 0.717) is 30.0 Å². The molecule has 1 atom stereocenters. The minimum atomic E-state index is -0.744. The summed E-state index contributed by atoms with van der Waals surface area (Å²) >= 11 is 0. The summed E-state index contributed by atoms with van der Waals surface area (Å²) < 4.78 is 12.0. The van der Waals surface area contributed by atoms with Gasteiger partial charge in [0.2, 0.25) is 5.91 Å². The van der Waals surface area contributed by atoms with E-state index in [4.69, 9.17) is 14.6 Å². The van der Waals surface area contributed by atoms with Crippen LogP contribution in [0.25, 0.3) is 11.3 Å². The Balaban J connectivity index is 1.78. The Bertz CT molecular complexity index is 1310. The van der Waals surface area contributed by atoms with Gasteiger partial charge in [0.15, 0.2) is 11.5 Å². The molecule has 1 aromatic heterocycles. The van der Waals surface area contributed by atoms with Crippen molar-refractivity contribution < 1.29 is 14.3 Å². The van der Waals surface area contributed by atoms with E-state index >= 15 is 0 Å². The highest BCUT2D eigenvalue weighted by molar-refractivity contribution is 5.94. The minimum Gasteiger partial charge on any atom is -0.493 e. The van der Waals surface area contributed by atoms with Crippen LogP contribution in [0.3, 0.4) is 0 Å². The van der Waals surface area contributed by atoms with Crippen LogP contribution in [0.4, 0.5) is 5.69 Å². The third-order valence-corrected chi connectivity index (χ3v) is 6.71. The lowest BCUT2D eigenvalue weighted by Gasteiger charge is -2.24. The maximum atomic E-state index is 13.6. The monoisotopic (exact) mass is 475 g/mol. The Kier molecular flexibility index (Phi) is 7.24. The molecule has 0 spiro atoms. The molecule has 184 valence electrons. The van der Waals surface area contributed by atoms with Crippen LogP contribution in [-0.4, -0.2) is 29.9 Å². The average molecular weight is 476 g/mol. The lowest BCUT2D eigenvalue weighted by atomic mass is 9.88. The van der Waals surface area contributed by atoms with Crippen molar-refractivity contribution >= 4 is 11.6 Å². The zero-order chi connectivity index (χ0) is 25.1. The van der Waals surface area contributed by atoms with Crippen LogP contribution < -0.4 is 20.3 Å². The summed E-state index contributed by atoms with van der Waals surface area (Å²) in [4.78, 5) is 27.0. The molecule has 0 saturated carbocycles. The normalized spacial score (nSPS) is 13.6. The average Bonchev–Trinajstić information content (AvgIpc) is 2.87. The highest BCUT2D eigenvalue weighted by Gasteiger charge is 2.28. The van der Waals surface area contributed by atoms with Crippen LogP contribution in [0.5, 0.6) is 11.5 Å². The number of hydrogen-bond acceptors (Lipinski definition) is 5. The number of aromatic nitrogens is 2. The summed E-state index contributed by atoms with van der Waals surface area (Å²) in [6.07, 6.45) is 3.97. The molecule has 1 N–H and O–H groups in total. The fourth-order valence-corrected chi connectivity index (χ4v) is 4.78. The number of carbonyl (C=O) groups is 1. The van der Waals surface area contributed by atoms with Crippen LogP contribution in [-0.2, 0) is 17.6 Å². The summed E-state index contributed by atoms with van der Waals surface area (Å²) in [5, 5.41) is 7.78. The number of nitrogens with zero attached hydrogens (tertiary/aromatic N) is 2. The molecule has 0 radical (unpaired) electrons. The number of anilines is 1. The van der Waals surface area contributed by atoms with Crippen LogP contribution in [0, 0.1) is 13.8 Å². The molecule has 4 rings (SSSR count). The number of rotatable bonds is 7. The number of benzene rings is 2. The molecule has 1 amide bonds. The van der Waals surface area contributed by atoms with Crippen molar-refractivity contribution in [1.82, 2.24) is 9.78 Å². The van der Waals surface area contributed by atoms with Gasteiger partial charge in [0.25, 0.3) is 5.56 Å². The van der Waals surface area contributed by atoms with Crippen molar-refractivity contribution in [3.63, 3.8) is 0 Å². The molecule has 1 aliphatic rings. The first-order chi connectivity index (χ1) is 16.9. The van der Waals surface area contributed by atoms with Crippen molar-refractivity contribution in [2.45, 2.75) is 58.9 Å². The predicted octanol–water partition coefficient (Wildman–Crippen LogP) is 5.01. The van der Waals surface area contributed by atoms with Gasteiger partial charge in [-0.25, -0.2) is 4.68 Å². The predicted molar refractivity (Wildman–Crippen MR) is 138 cm³/mol. The Hall–Kier alpha value is -3.61. The van der Waals surface area contributed by atoms with Gasteiger partial charge in [0.1, 0.15) is 6.04 Å². The first-order valence-corrected chi connectivity index (χ1v) is 12.1. The van der Waals surface area contributed by atoms with Gasteiger partial charge in [0.05, 0.1) is 19.9 Å². The van der Waals surface area contributed by atoms with Crippen LogP contribution in [0.2, 0.25) is 0 Å². The van der Waals surface area contributed by atoms with E-state index in [-0.39, 0.29) is 11.5 Å². The zero-order valence-electron chi connectivity index (χ0n) is 21.1. The number of aryl methyl sites for hydroxylation is 2. The van der Waals surface area contributed by atoms with E-state index in [2.05, 4.69) is 37.4 Å². The van der Waals surface area contributed by atoms with Gasteiger partial charge in [-0.3, -0.25) is 9.59 Å². The molecule has 0 aliphatic heterocycles. The molecule has 7 heteroatoms. The number of nitrogens with one attached hydrogen (secondary N) is 1. The Morgan fingerprint density at radius 2 is 1.74 bits per heavy atom. The van der Waals surface area contributed by atoms with Gasteiger partial charge >= 0.3 is 0 Å². The van der Waals surface area contributed by atoms with Gasteiger partial charge in [-0.1, -0.05) is 24.6 Å².